The van der Waals surface area contributed by atoms with E-state index in [9.17, 15) is 20.1 Å². The van der Waals surface area contributed by atoms with Crippen molar-refractivity contribution in [3.8, 4) is 0 Å². The fourth-order valence-electron chi connectivity index (χ4n) is 3.64. The number of hydrogen-bond donors (Lipinski definition) is 3. The summed E-state index contributed by atoms with van der Waals surface area (Å²) in [7, 11) is 0. The van der Waals surface area contributed by atoms with Crippen molar-refractivity contribution in [3.05, 3.63) is 0 Å². The van der Waals surface area contributed by atoms with Gasteiger partial charge in [-0.25, -0.2) is 0 Å². The van der Waals surface area contributed by atoms with Gasteiger partial charge in [-0.2, -0.15) is 0 Å². The minimum atomic E-state index is -0.814. The molecule has 0 aromatic carbocycles. The number of carboxylic acid groups (broad SMARTS) is 1. The highest BCUT2D eigenvalue weighted by Crippen LogP contribution is 2.46. The summed E-state index contributed by atoms with van der Waals surface area (Å²) in [6.07, 6.45) is 6.66. The number of rotatable bonds is 3. The first-order chi connectivity index (χ1) is 8.46. The normalized spacial score (nSPS) is 36.2. The predicted octanol–water partition coefficient (Wildman–Crippen LogP) is 2.08. The second kappa shape index (κ2) is 5.17. The zero-order valence-corrected chi connectivity index (χ0v) is 10.9. The summed E-state index contributed by atoms with van der Waals surface area (Å²) in [5.41, 5.74) is -1.61. The van der Waals surface area contributed by atoms with Crippen LogP contribution < -0.4 is 0 Å². The van der Waals surface area contributed by atoms with Crippen LogP contribution in [0.25, 0.3) is 0 Å². The van der Waals surface area contributed by atoms with E-state index in [-0.39, 0.29) is 6.10 Å². The first-order valence-corrected chi connectivity index (χ1v) is 7.10. The summed E-state index contributed by atoms with van der Waals surface area (Å²) in [5, 5.41) is 29.6. The fraction of sp³-hybridized carbons (Fsp3) is 0.929. The maximum Gasteiger partial charge on any atom is 0.309 e. The van der Waals surface area contributed by atoms with E-state index in [1.165, 1.54) is 0 Å². The average Bonchev–Trinajstić information content (AvgIpc) is 2.33. The zero-order valence-electron chi connectivity index (χ0n) is 10.9. The molecule has 0 amide bonds. The highest BCUT2D eigenvalue weighted by Gasteiger charge is 2.47. The van der Waals surface area contributed by atoms with E-state index in [2.05, 4.69) is 0 Å². The fourth-order valence-corrected chi connectivity index (χ4v) is 3.64. The zero-order chi connectivity index (χ0) is 13.2. The maximum absolute atomic E-state index is 11.6. The van der Waals surface area contributed by atoms with Gasteiger partial charge in [-0.15, -0.1) is 0 Å². The van der Waals surface area contributed by atoms with Crippen molar-refractivity contribution >= 4 is 5.97 Å². The van der Waals surface area contributed by atoms with Gasteiger partial charge in [0.25, 0.3) is 0 Å². The minimum absolute atomic E-state index is 0.363. The third kappa shape index (κ3) is 2.86. The first-order valence-electron chi connectivity index (χ1n) is 7.10. The summed E-state index contributed by atoms with van der Waals surface area (Å²) in [6.45, 7) is 0. The van der Waals surface area contributed by atoms with Gasteiger partial charge in [0, 0.05) is 0 Å². The average molecular weight is 256 g/mol. The Morgan fingerprint density at radius 3 is 2.11 bits per heavy atom. The number of carboxylic acids is 1. The van der Waals surface area contributed by atoms with Crippen molar-refractivity contribution in [1.82, 2.24) is 0 Å². The lowest BCUT2D eigenvalue weighted by Gasteiger charge is -2.42. The predicted molar refractivity (Wildman–Crippen MR) is 67.2 cm³/mol. The lowest BCUT2D eigenvalue weighted by Crippen LogP contribution is -2.45. The van der Waals surface area contributed by atoms with E-state index in [0.29, 0.717) is 32.1 Å². The van der Waals surface area contributed by atoms with Crippen LogP contribution in [0.3, 0.4) is 0 Å². The Morgan fingerprint density at radius 1 is 1.06 bits per heavy atom. The van der Waals surface area contributed by atoms with Crippen LogP contribution >= 0.6 is 0 Å². The molecule has 2 fully saturated rings. The largest absolute Gasteiger partial charge is 0.481 e. The van der Waals surface area contributed by atoms with Gasteiger partial charge >= 0.3 is 5.97 Å². The Morgan fingerprint density at radius 2 is 1.61 bits per heavy atom. The quantitative estimate of drug-likeness (QED) is 0.722. The van der Waals surface area contributed by atoms with Crippen LogP contribution in [0.1, 0.15) is 64.2 Å². The van der Waals surface area contributed by atoms with Crippen molar-refractivity contribution < 1.29 is 20.1 Å². The van der Waals surface area contributed by atoms with Crippen molar-refractivity contribution in [2.24, 2.45) is 5.41 Å². The van der Waals surface area contributed by atoms with Crippen molar-refractivity contribution in [2.45, 2.75) is 75.9 Å². The molecular weight excluding hydrogens is 232 g/mol. The minimum Gasteiger partial charge on any atom is -0.481 e. The van der Waals surface area contributed by atoms with Gasteiger partial charge in [0.2, 0.25) is 0 Å². The molecule has 3 N–H and O–H groups in total. The van der Waals surface area contributed by atoms with E-state index < -0.39 is 17.0 Å². The van der Waals surface area contributed by atoms with Gasteiger partial charge in [-0.3, -0.25) is 4.79 Å². The van der Waals surface area contributed by atoms with Crippen LogP contribution in [0.5, 0.6) is 0 Å². The van der Waals surface area contributed by atoms with E-state index in [1.54, 1.807) is 0 Å². The summed E-state index contributed by atoms with van der Waals surface area (Å²) >= 11 is 0. The highest BCUT2D eigenvalue weighted by molar-refractivity contribution is 5.75. The molecule has 0 aromatic rings. The summed E-state index contributed by atoms with van der Waals surface area (Å²) in [5.74, 6) is -0.798. The van der Waals surface area contributed by atoms with Gasteiger partial charge < -0.3 is 15.3 Å². The standard InChI is InChI=1S/C14H24O4/c15-11-4-8-13(9-5-11,12(16)17)10-14(18)6-2-1-3-7-14/h11,15,18H,1-10H2,(H,16,17). The van der Waals surface area contributed by atoms with Gasteiger partial charge in [0.05, 0.1) is 17.1 Å². The Balaban J connectivity index is 2.08. The summed E-state index contributed by atoms with van der Waals surface area (Å²) in [4.78, 5) is 11.6. The SMILES string of the molecule is O=C(O)C1(CC2(O)CCCCC2)CCC(O)CC1. The molecule has 0 heterocycles. The molecule has 2 aliphatic rings. The van der Waals surface area contributed by atoms with Gasteiger partial charge in [-0.1, -0.05) is 19.3 Å². The summed E-state index contributed by atoms with van der Waals surface area (Å²) in [6, 6.07) is 0. The number of aliphatic hydroxyl groups is 2. The number of aliphatic carboxylic acids is 1. The topological polar surface area (TPSA) is 77.8 Å². The Kier molecular flexibility index (Phi) is 3.97. The molecule has 4 heteroatoms. The molecule has 4 nitrogen and oxygen atoms in total. The molecule has 104 valence electrons. The molecule has 2 rings (SSSR count). The van der Waals surface area contributed by atoms with E-state index in [4.69, 9.17) is 0 Å². The first kappa shape index (κ1) is 13.8. The second-order valence-electron chi connectivity index (χ2n) is 6.28. The third-order valence-corrected chi connectivity index (χ3v) is 4.82. The number of aliphatic hydroxyl groups excluding tert-OH is 1. The molecule has 2 saturated carbocycles. The number of carbonyl (C=O) groups is 1. The molecule has 2 aliphatic carbocycles. The van der Waals surface area contributed by atoms with E-state index >= 15 is 0 Å². The molecule has 0 saturated heterocycles. The monoisotopic (exact) mass is 256 g/mol. The van der Waals surface area contributed by atoms with Gasteiger partial charge in [0.1, 0.15) is 0 Å². The Labute approximate surface area is 108 Å². The van der Waals surface area contributed by atoms with Crippen LogP contribution in [-0.2, 0) is 4.79 Å². The van der Waals surface area contributed by atoms with Crippen molar-refractivity contribution in [3.63, 3.8) is 0 Å². The van der Waals surface area contributed by atoms with Crippen molar-refractivity contribution in [2.75, 3.05) is 0 Å². The second-order valence-corrected chi connectivity index (χ2v) is 6.28. The molecular formula is C14H24O4. The molecule has 0 radical (unpaired) electrons. The van der Waals surface area contributed by atoms with E-state index in [1.807, 2.05) is 0 Å². The molecule has 0 spiro atoms. The van der Waals surface area contributed by atoms with Gasteiger partial charge in [0.15, 0.2) is 0 Å². The highest BCUT2D eigenvalue weighted by atomic mass is 16.4. The molecule has 0 unspecified atom stereocenters. The number of hydrogen-bond acceptors (Lipinski definition) is 3. The third-order valence-electron chi connectivity index (χ3n) is 4.82. The smallest absolute Gasteiger partial charge is 0.309 e. The summed E-state index contributed by atoms with van der Waals surface area (Å²) < 4.78 is 0. The maximum atomic E-state index is 11.6. The van der Waals surface area contributed by atoms with Crippen LogP contribution in [0.2, 0.25) is 0 Å². The van der Waals surface area contributed by atoms with Crippen molar-refractivity contribution in [1.29, 1.82) is 0 Å². The molecule has 0 bridgehead atoms. The lowest BCUT2D eigenvalue weighted by atomic mass is 9.64. The Hall–Kier alpha value is -0.610. The van der Waals surface area contributed by atoms with Crippen LogP contribution in [-0.4, -0.2) is 33.0 Å². The molecule has 18 heavy (non-hydrogen) atoms. The van der Waals surface area contributed by atoms with Crippen LogP contribution in [0.15, 0.2) is 0 Å². The van der Waals surface area contributed by atoms with E-state index in [0.717, 1.165) is 32.1 Å². The Bertz CT molecular complexity index is 299. The van der Waals surface area contributed by atoms with Crippen LogP contribution in [0.4, 0.5) is 0 Å². The van der Waals surface area contributed by atoms with Gasteiger partial charge in [-0.05, 0) is 44.9 Å². The van der Waals surface area contributed by atoms with Crippen LogP contribution in [0, 0.1) is 5.41 Å². The molecule has 0 aromatic heterocycles. The molecule has 0 aliphatic heterocycles. The lowest BCUT2D eigenvalue weighted by molar-refractivity contribution is -0.159. The molecule has 0 atom stereocenters.